The molecule has 1 rings (SSSR count). The number of carboxylic acid groups (broad SMARTS) is 1. The lowest BCUT2D eigenvalue weighted by Gasteiger charge is -2.28. The van der Waals surface area contributed by atoms with E-state index >= 15 is 0 Å². The number of carbonyl (C=O) groups excluding carboxylic acids is 1. The Labute approximate surface area is 123 Å². The lowest BCUT2D eigenvalue weighted by molar-refractivity contribution is -0.149. The molecule has 0 spiro atoms. The Bertz CT molecular complexity index is 563. The van der Waals surface area contributed by atoms with E-state index in [9.17, 15) is 9.59 Å². The van der Waals surface area contributed by atoms with E-state index < -0.39 is 18.0 Å². The van der Waals surface area contributed by atoms with E-state index in [1.807, 2.05) is 6.07 Å². The molecule has 6 heteroatoms. The van der Waals surface area contributed by atoms with Gasteiger partial charge in [-0.15, -0.1) is 0 Å². The van der Waals surface area contributed by atoms with Crippen LogP contribution in [0.2, 0.25) is 0 Å². The molecular formula is C15H18N2O4. The van der Waals surface area contributed by atoms with Crippen LogP contribution in [0.1, 0.15) is 26.3 Å². The minimum atomic E-state index is -1.08. The van der Waals surface area contributed by atoms with Crippen LogP contribution in [0.5, 0.6) is 5.75 Å². The van der Waals surface area contributed by atoms with Crippen LogP contribution in [0, 0.1) is 11.3 Å². The van der Waals surface area contributed by atoms with E-state index in [1.54, 1.807) is 38.1 Å². The number of carboxylic acids is 1. The van der Waals surface area contributed by atoms with Gasteiger partial charge in [-0.1, -0.05) is 12.1 Å². The van der Waals surface area contributed by atoms with Gasteiger partial charge in [0.1, 0.15) is 18.4 Å². The summed E-state index contributed by atoms with van der Waals surface area (Å²) in [6.07, 6.45) is -0.874. The van der Waals surface area contributed by atoms with Gasteiger partial charge in [-0.3, -0.25) is 9.59 Å². The van der Waals surface area contributed by atoms with Crippen molar-refractivity contribution in [3.8, 4) is 11.8 Å². The van der Waals surface area contributed by atoms with Crippen LogP contribution in [0.3, 0.4) is 0 Å². The van der Waals surface area contributed by atoms with Crippen molar-refractivity contribution in [1.29, 1.82) is 5.26 Å². The van der Waals surface area contributed by atoms with Gasteiger partial charge in [0.2, 0.25) is 0 Å². The van der Waals surface area contributed by atoms with Crippen LogP contribution in [0.4, 0.5) is 0 Å². The van der Waals surface area contributed by atoms with Gasteiger partial charge in [-0.25, -0.2) is 0 Å². The van der Waals surface area contributed by atoms with E-state index in [4.69, 9.17) is 15.1 Å². The molecule has 0 bridgehead atoms. The first-order chi connectivity index (χ1) is 9.86. The Morgan fingerprint density at radius 2 is 1.95 bits per heavy atom. The van der Waals surface area contributed by atoms with E-state index in [1.165, 1.54) is 11.8 Å². The molecule has 0 aliphatic heterocycles. The molecule has 1 unspecified atom stereocenters. The highest BCUT2D eigenvalue weighted by molar-refractivity contribution is 5.85. The number of ether oxygens (including phenoxy) is 1. The maximum absolute atomic E-state index is 12.3. The Balaban J connectivity index is 2.86. The van der Waals surface area contributed by atoms with Crippen LogP contribution < -0.4 is 4.74 Å². The second-order valence-corrected chi connectivity index (χ2v) is 4.82. The summed E-state index contributed by atoms with van der Waals surface area (Å²) in [5.41, 5.74) is 0.325. The van der Waals surface area contributed by atoms with Crippen molar-refractivity contribution in [2.24, 2.45) is 0 Å². The Morgan fingerprint density at radius 1 is 1.33 bits per heavy atom. The molecule has 0 aliphatic rings. The fraction of sp³-hybridized carbons (Fsp3) is 0.400. The maximum Gasteiger partial charge on any atom is 0.323 e. The first-order valence-electron chi connectivity index (χ1n) is 6.54. The number of hydrogen-bond donors (Lipinski definition) is 1. The summed E-state index contributed by atoms with van der Waals surface area (Å²) >= 11 is 0. The quantitative estimate of drug-likeness (QED) is 0.860. The van der Waals surface area contributed by atoms with Gasteiger partial charge < -0.3 is 14.7 Å². The molecule has 21 heavy (non-hydrogen) atoms. The third-order valence-corrected chi connectivity index (χ3v) is 2.87. The summed E-state index contributed by atoms with van der Waals surface area (Å²) in [7, 11) is 0. The van der Waals surface area contributed by atoms with Gasteiger partial charge in [0.15, 0.2) is 6.10 Å². The van der Waals surface area contributed by atoms with E-state index in [-0.39, 0.29) is 12.6 Å². The largest absolute Gasteiger partial charge is 0.480 e. The molecule has 1 atom stereocenters. The van der Waals surface area contributed by atoms with Crippen LogP contribution >= 0.6 is 0 Å². The molecule has 0 aliphatic carbocycles. The molecule has 1 N–H and O–H groups in total. The molecular weight excluding hydrogens is 272 g/mol. The third kappa shape index (κ3) is 4.49. The Hall–Kier alpha value is -2.55. The van der Waals surface area contributed by atoms with Crippen molar-refractivity contribution in [2.45, 2.75) is 32.9 Å². The number of aliphatic carboxylic acids is 1. The molecule has 0 saturated heterocycles. The first kappa shape index (κ1) is 16.5. The summed E-state index contributed by atoms with van der Waals surface area (Å²) in [5.74, 6) is -1.21. The normalized spacial score (nSPS) is 11.6. The van der Waals surface area contributed by atoms with Gasteiger partial charge in [0.25, 0.3) is 5.91 Å². The van der Waals surface area contributed by atoms with Gasteiger partial charge >= 0.3 is 5.97 Å². The highest BCUT2D eigenvalue weighted by Gasteiger charge is 2.26. The zero-order chi connectivity index (χ0) is 16.0. The lowest BCUT2D eigenvalue weighted by Crippen LogP contribution is -2.46. The van der Waals surface area contributed by atoms with Gasteiger partial charge in [-0.2, -0.15) is 5.26 Å². The summed E-state index contributed by atoms with van der Waals surface area (Å²) in [5, 5.41) is 17.8. The molecule has 0 heterocycles. The number of carbonyl (C=O) groups is 2. The number of amides is 1. The number of benzene rings is 1. The molecule has 112 valence electrons. The average Bonchev–Trinajstić information content (AvgIpc) is 2.44. The fourth-order valence-electron chi connectivity index (χ4n) is 1.80. The van der Waals surface area contributed by atoms with Crippen molar-refractivity contribution in [2.75, 3.05) is 6.54 Å². The SMILES string of the molecule is CC(Oc1ccccc1C#N)C(=O)N(CC(=O)O)C(C)C. The van der Waals surface area contributed by atoms with Crippen LogP contribution in [0.15, 0.2) is 24.3 Å². The molecule has 1 aromatic rings. The van der Waals surface area contributed by atoms with Crippen molar-refractivity contribution in [1.82, 2.24) is 4.90 Å². The molecule has 1 aromatic carbocycles. The van der Waals surface area contributed by atoms with Crippen molar-refractivity contribution >= 4 is 11.9 Å². The van der Waals surface area contributed by atoms with Crippen molar-refractivity contribution < 1.29 is 19.4 Å². The van der Waals surface area contributed by atoms with E-state index in [0.29, 0.717) is 11.3 Å². The minimum Gasteiger partial charge on any atom is -0.480 e. The number of nitriles is 1. The smallest absolute Gasteiger partial charge is 0.323 e. The summed E-state index contributed by atoms with van der Waals surface area (Å²) in [4.78, 5) is 24.3. The lowest BCUT2D eigenvalue weighted by atomic mass is 10.2. The van der Waals surface area contributed by atoms with Crippen LogP contribution in [0.25, 0.3) is 0 Å². The van der Waals surface area contributed by atoms with Gasteiger partial charge in [-0.05, 0) is 32.9 Å². The number of para-hydroxylation sites is 1. The summed E-state index contributed by atoms with van der Waals surface area (Å²) < 4.78 is 5.50. The van der Waals surface area contributed by atoms with Crippen molar-refractivity contribution in [3.05, 3.63) is 29.8 Å². The molecule has 0 fully saturated rings. The zero-order valence-electron chi connectivity index (χ0n) is 12.2. The average molecular weight is 290 g/mol. The van der Waals surface area contributed by atoms with Crippen molar-refractivity contribution in [3.63, 3.8) is 0 Å². The summed E-state index contributed by atoms with van der Waals surface area (Å²) in [6.45, 7) is 4.62. The molecule has 1 amide bonds. The van der Waals surface area contributed by atoms with Gasteiger partial charge in [0, 0.05) is 6.04 Å². The summed E-state index contributed by atoms with van der Waals surface area (Å²) in [6, 6.07) is 8.30. The molecule has 6 nitrogen and oxygen atoms in total. The van der Waals surface area contributed by atoms with Crippen LogP contribution in [-0.2, 0) is 9.59 Å². The van der Waals surface area contributed by atoms with E-state index in [0.717, 1.165) is 0 Å². The number of rotatable bonds is 6. The molecule has 0 aromatic heterocycles. The second-order valence-electron chi connectivity index (χ2n) is 4.82. The topological polar surface area (TPSA) is 90.6 Å². The highest BCUT2D eigenvalue weighted by atomic mass is 16.5. The minimum absolute atomic E-state index is 0.258. The predicted molar refractivity (Wildman–Crippen MR) is 75.7 cm³/mol. The number of nitrogens with zero attached hydrogens (tertiary/aromatic N) is 2. The third-order valence-electron chi connectivity index (χ3n) is 2.87. The Morgan fingerprint density at radius 3 is 2.48 bits per heavy atom. The first-order valence-corrected chi connectivity index (χ1v) is 6.54. The van der Waals surface area contributed by atoms with Gasteiger partial charge in [0.05, 0.1) is 5.56 Å². The fourth-order valence-corrected chi connectivity index (χ4v) is 1.80. The monoisotopic (exact) mass is 290 g/mol. The zero-order valence-corrected chi connectivity index (χ0v) is 12.2. The number of hydrogen-bond acceptors (Lipinski definition) is 4. The highest BCUT2D eigenvalue weighted by Crippen LogP contribution is 2.19. The Kier molecular flexibility index (Phi) is 5.73. The predicted octanol–water partition coefficient (Wildman–Crippen LogP) is 1.65. The van der Waals surface area contributed by atoms with E-state index in [2.05, 4.69) is 0 Å². The maximum atomic E-state index is 12.3. The van der Waals surface area contributed by atoms with Crippen LogP contribution in [-0.4, -0.2) is 40.6 Å². The molecule has 0 radical (unpaired) electrons. The second kappa shape index (κ2) is 7.29. The molecule has 0 saturated carbocycles. The standard InChI is InChI=1S/C15H18N2O4/c1-10(2)17(9-14(18)19)15(20)11(3)21-13-7-5-4-6-12(13)8-16/h4-7,10-11H,9H2,1-3H3,(H,18,19).